The number of benzene rings is 3. The monoisotopic (exact) mass is 393 g/mol. The second-order valence-electron chi connectivity index (χ2n) is 8.66. The lowest BCUT2D eigenvalue weighted by Crippen LogP contribution is -2.09. The molecule has 0 N–H and O–H groups in total. The van der Waals surface area contributed by atoms with Crippen molar-refractivity contribution in [2.24, 2.45) is 5.41 Å². The SMILES string of the molecule is [2H]C([2H])(c1ccnc(-c2ccc3c(c2)oc2cccc(-c4ccccc4)c23)c1)C(C)(C)C. The molecule has 0 spiro atoms. The van der Waals surface area contributed by atoms with Gasteiger partial charge in [-0.1, -0.05) is 69.3 Å². The average Bonchev–Trinajstić information content (AvgIpc) is 3.17. The maximum absolute atomic E-state index is 8.61. The minimum atomic E-state index is -1.47. The van der Waals surface area contributed by atoms with Gasteiger partial charge in [-0.15, -0.1) is 0 Å². The second-order valence-corrected chi connectivity index (χ2v) is 8.66. The highest BCUT2D eigenvalue weighted by Gasteiger charge is 2.15. The number of nitrogens with zero attached hydrogens (tertiary/aromatic N) is 1. The van der Waals surface area contributed by atoms with Crippen LogP contribution in [0.1, 0.15) is 29.1 Å². The lowest BCUT2D eigenvalue weighted by atomic mass is 9.88. The van der Waals surface area contributed by atoms with Gasteiger partial charge in [-0.25, -0.2) is 0 Å². The molecule has 0 unspecified atom stereocenters. The van der Waals surface area contributed by atoms with Gasteiger partial charge in [0.25, 0.3) is 0 Å². The first kappa shape index (κ1) is 16.4. The number of pyridine rings is 1. The van der Waals surface area contributed by atoms with Crippen LogP contribution in [0.4, 0.5) is 0 Å². The van der Waals surface area contributed by atoms with Gasteiger partial charge in [0.15, 0.2) is 0 Å². The Kier molecular flexibility index (Phi) is 3.91. The Balaban J connectivity index is 1.64. The van der Waals surface area contributed by atoms with E-state index in [0.29, 0.717) is 5.56 Å². The molecule has 148 valence electrons. The van der Waals surface area contributed by atoms with E-state index in [1.165, 1.54) is 0 Å². The highest BCUT2D eigenvalue weighted by Crippen LogP contribution is 2.38. The third kappa shape index (κ3) is 3.50. The third-order valence-corrected chi connectivity index (χ3v) is 5.16. The van der Waals surface area contributed by atoms with Crippen LogP contribution in [0.2, 0.25) is 0 Å². The summed E-state index contributed by atoms with van der Waals surface area (Å²) < 4.78 is 23.4. The van der Waals surface area contributed by atoms with Crippen LogP contribution in [0.3, 0.4) is 0 Å². The Morgan fingerprint density at radius 2 is 1.67 bits per heavy atom. The van der Waals surface area contributed by atoms with Gasteiger partial charge in [-0.2, -0.15) is 0 Å². The predicted octanol–water partition coefficient (Wildman–Crippen LogP) is 7.90. The predicted molar refractivity (Wildman–Crippen MR) is 126 cm³/mol. The molecule has 2 nitrogen and oxygen atoms in total. The van der Waals surface area contributed by atoms with Gasteiger partial charge in [0, 0.05) is 25.3 Å². The van der Waals surface area contributed by atoms with Crippen molar-refractivity contribution in [3.05, 3.63) is 90.6 Å². The standard InChI is InChI=1S/C28H25NO/c1-28(2,3)18-19-14-15-29-24(16-19)21-12-13-23-26(17-21)30-25-11-7-10-22(27(23)25)20-8-5-4-6-9-20/h4-17H,18H2,1-3H3/i18D2. The molecule has 0 aliphatic heterocycles. The summed E-state index contributed by atoms with van der Waals surface area (Å²) in [6.07, 6.45) is 0.212. The van der Waals surface area contributed by atoms with E-state index in [2.05, 4.69) is 29.2 Å². The van der Waals surface area contributed by atoms with Gasteiger partial charge in [0.05, 0.1) is 5.69 Å². The summed E-state index contributed by atoms with van der Waals surface area (Å²) in [6.45, 7) is 5.74. The Morgan fingerprint density at radius 3 is 2.47 bits per heavy atom. The fourth-order valence-electron chi connectivity index (χ4n) is 3.94. The summed E-state index contributed by atoms with van der Waals surface area (Å²) in [7, 11) is 0. The van der Waals surface area contributed by atoms with E-state index in [4.69, 9.17) is 7.16 Å². The van der Waals surface area contributed by atoms with Crippen molar-refractivity contribution < 1.29 is 7.16 Å². The minimum Gasteiger partial charge on any atom is -0.456 e. The molecule has 2 heterocycles. The van der Waals surface area contributed by atoms with Crippen molar-refractivity contribution in [1.29, 1.82) is 0 Å². The van der Waals surface area contributed by atoms with Crippen LogP contribution in [-0.4, -0.2) is 4.98 Å². The molecule has 30 heavy (non-hydrogen) atoms. The maximum Gasteiger partial charge on any atom is 0.136 e. The second kappa shape index (κ2) is 7.14. The van der Waals surface area contributed by atoms with E-state index >= 15 is 0 Å². The zero-order valence-corrected chi connectivity index (χ0v) is 17.4. The van der Waals surface area contributed by atoms with E-state index in [0.717, 1.165) is 44.3 Å². The van der Waals surface area contributed by atoms with Crippen LogP contribution < -0.4 is 0 Å². The lowest BCUT2D eigenvalue weighted by molar-refractivity contribution is 0.411. The Labute approximate surface area is 180 Å². The number of rotatable bonds is 3. The van der Waals surface area contributed by atoms with E-state index < -0.39 is 11.8 Å². The molecule has 0 radical (unpaired) electrons. The lowest BCUT2D eigenvalue weighted by Gasteiger charge is -2.18. The number of hydrogen-bond donors (Lipinski definition) is 0. The molecule has 5 rings (SSSR count). The van der Waals surface area contributed by atoms with Gasteiger partial charge >= 0.3 is 0 Å². The summed E-state index contributed by atoms with van der Waals surface area (Å²) in [6, 6.07) is 26.2. The molecule has 0 aliphatic carbocycles. The largest absolute Gasteiger partial charge is 0.456 e. The fourth-order valence-corrected chi connectivity index (χ4v) is 3.94. The molecule has 3 aromatic carbocycles. The van der Waals surface area contributed by atoms with E-state index in [1.54, 1.807) is 12.3 Å². The van der Waals surface area contributed by atoms with Gasteiger partial charge in [0.1, 0.15) is 11.2 Å². The fraction of sp³-hybridized carbons (Fsp3) is 0.179. The quantitative estimate of drug-likeness (QED) is 0.311. The van der Waals surface area contributed by atoms with E-state index in [9.17, 15) is 0 Å². The molecule has 0 saturated carbocycles. The number of furan rings is 1. The van der Waals surface area contributed by atoms with Crippen molar-refractivity contribution in [2.45, 2.75) is 27.1 Å². The number of hydrogen-bond acceptors (Lipinski definition) is 2. The van der Waals surface area contributed by atoms with Crippen molar-refractivity contribution in [3.8, 4) is 22.4 Å². The third-order valence-electron chi connectivity index (χ3n) is 5.16. The molecule has 5 aromatic rings. The maximum atomic E-state index is 8.61. The zero-order chi connectivity index (χ0) is 22.5. The topological polar surface area (TPSA) is 26.0 Å². The Bertz CT molecular complexity index is 1430. The van der Waals surface area contributed by atoms with Crippen LogP contribution in [0.15, 0.2) is 89.5 Å². The minimum absolute atomic E-state index is 0.526. The molecule has 0 atom stereocenters. The van der Waals surface area contributed by atoms with Crippen LogP contribution in [0.5, 0.6) is 0 Å². The first-order chi connectivity index (χ1) is 15.3. The molecule has 0 amide bonds. The van der Waals surface area contributed by atoms with Gasteiger partial charge < -0.3 is 4.42 Å². The molecule has 0 bridgehead atoms. The molecule has 2 aromatic heterocycles. The summed E-state index contributed by atoms with van der Waals surface area (Å²) in [5.41, 5.74) is 5.70. The summed E-state index contributed by atoms with van der Waals surface area (Å²) in [5, 5.41) is 2.16. The first-order valence-corrected chi connectivity index (χ1v) is 10.2. The van der Waals surface area contributed by atoms with Crippen LogP contribution >= 0.6 is 0 Å². The van der Waals surface area contributed by atoms with Gasteiger partial charge in [-0.05, 0) is 58.8 Å². The molecule has 0 aliphatic rings. The number of fused-ring (bicyclic) bond motifs is 3. The van der Waals surface area contributed by atoms with Crippen LogP contribution in [-0.2, 0) is 6.37 Å². The van der Waals surface area contributed by atoms with E-state index in [1.807, 2.05) is 69.3 Å². The molecular weight excluding hydrogens is 366 g/mol. The Hall–Kier alpha value is -3.39. The highest BCUT2D eigenvalue weighted by molar-refractivity contribution is 6.12. The first-order valence-electron chi connectivity index (χ1n) is 11.2. The summed E-state index contributed by atoms with van der Waals surface area (Å²) >= 11 is 0. The Morgan fingerprint density at radius 1 is 0.833 bits per heavy atom. The van der Waals surface area contributed by atoms with Crippen LogP contribution in [0, 0.1) is 5.41 Å². The molecular formula is C28H25NO. The number of aromatic nitrogens is 1. The van der Waals surface area contributed by atoms with Gasteiger partial charge in [0.2, 0.25) is 0 Å². The zero-order valence-electron chi connectivity index (χ0n) is 19.4. The smallest absolute Gasteiger partial charge is 0.136 e. The van der Waals surface area contributed by atoms with Crippen LogP contribution in [0.25, 0.3) is 44.3 Å². The van der Waals surface area contributed by atoms with Crippen molar-refractivity contribution in [2.75, 3.05) is 0 Å². The average molecular weight is 394 g/mol. The van der Waals surface area contributed by atoms with Crippen molar-refractivity contribution in [3.63, 3.8) is 0 Å². The summed E-state index contributed by atoms with van der Waals surface area (Å²) in [5.74, 6) is 0. The highest BCUT2D eigenvalue weighted by atomic mass is 16.3. The van der Waals surface area contributed by atoms with Crippen molar-refractivity contribution >= 4 is 21.9 Å². The molecule has 0 fully saturated rings. The van der Waals surface area contributed by atoms with Gasteiger partial charge in [-0.3, -0.25) is 4.98 Å². The normalized spacial score (nSPS) is 13.4. The van der Waals surface area contributed by atoms with E-state index in [-0.39, 0.29) is 0 Å². The summed E-state index contributed by atoms with van der Waals surface area (Å²) in [4.78, 5) is 4.52. The molecule has 2 heteroatoms. The molecule has 0 saturated heterocycles. The van der Waals surface area contributed by atoms with Crippen molar-refractivity contribution in [1.82, 2.24) is 4.98 Å².